The lowest BCUT2D eigenvalue weighted by Gasteiger charge is -2.33. The van der Waals surface area contributed by atoms with E-state index in [0.29, 0.717) is 29.2 Å². The molecular formula is C16H33N2S2+. The maximum absolute atomic E-state index is 6.59. The van der Waals surface area contributed by atoms with Crippen molar-refractivity contribution in [2.75, 3.05) is 0 Å². The maximum Gasteiger partial charge on any atom is 0.0992 e. The molecule has 20 heavy (non-hydrogen) atoms. The summed E-state index contributed by atoms with van der Waals surface area (Å²) >= 11 is 4.27. The molecule has 0 aromatic heterocycles. The predicted molar refractivity (Wildman–Crippen MR) is 93.1 cm³/mol. The summed E-state index contributed by atoms with van der Waals surface area (Å²) in [7, 11) is 0. The Balaban J connectivity index is 1.88. The normalized spacial score (nSPS) is 40.5. The first kappa shape index (κ1) is 17.0. The number of hydrogen-bond acceptors (Lipinski definition) is 3. The molecule has 2 aliphatic heterocycles. The van der Waals surface area contributed by atoms with Crippen LogP contribution in [0.1, 0.15) is 53.4 Å². The molecule has 5 N–H and O–H groups in total. The molecule has 0 amide bonds. The summed E-state index contributed by atoms with van der Waals surface area (Å²) in [6, 6.07) is 0.892. The van der Waals surface area contributed by atoms with E-state index >= 15 is 0 Å². The highest BCUT2D eigenvalue weighted by atomic mass is 32.2. The lowest BCUT2D eigenvalue weighted by atomic mass is 9.80. The van der Waals surface area contributed by atoms with Crippen LogP contribution in [0.2, 0.25) is 0 Å². The minimum Gasteiger partial charge on any atom is -0.354 e. The van der Waals surface area contributed by atoms with Crippen molar-refractivity contribution in [3.05, 3.63) is 0 Å². The molecule has 8 atom stereocenters. The fraction of sp³-hybridized carbons (Fsp3) is 1.00. The van der Waals surface area contributed by atoms with Gasteiger partial charge in [0.25, 0.3) is 0 Å². The molecule has 0 aromatic rings. The average Bonchev–Trinajstić information content (AvgIpc) is 3.04. The topological polar surface area (TPSA) is 53.7 Å². The average molecular weight is 318 g/mol. The Kier molecular flexibility index (Phi) is 6.16. The largest absolute Gasteiger partial charge is 0.354 e. The van der Waals surface area contributed by atoms with Crippen LogP contribution in [0.25, 0.3) is 0 Å². The molecular weight excluding hydrogens is 284 g/mol. The molecule has 2 saturated heterocycles. The molecule has 0 spiro atoms. The van der Waals surface area contributed by atoms with Crippen molar-refractivity contribution in [1.82, 2.24) is 0 Å². The molecule has 118 valence electrons. The van der Waals surface area contributed by atoms with Gasteiger partial charge in [-0.3, -0.25) is 0 Å². The smallest absolute Gasteiger partial charge is 0.0992 e. The van der Waals surface area contributed by atoms with Crippen LogP contribution in [-0.4, -0.2) is 33.1 Å². The zero-order chi connectivity index (χ0) is 14.9. The SMILES string of the molecule is CC1CCC(C(N)C(C)C(C)C([NH3+])C2CCC(C)S2)S1. The van der Waals surface area contributed by atoms with Crippen LogP contribution < -0.4 is 11.5 Å². The van der Waals surface area contributed by atoms with E-state index in [2.05, 4.69) is 57.0 Å². The van der Waals surface area contributed by atoms with Gasteiger partial charge in [-0.2, -0.15) is 11.8 Å². The molecule has 0 aromatic carbocycles. The lowest BCUT2D eigenvalue weighted by Crippen LogP contribution is -2.69. The minimum absolute atomic E-state index is 0.341. The Morgan fingerprint density at radius 1 is 0.900 bits per heavy atom. The molecule has 2 heterocycles. The Hall–Kier alpha value is 0.620. The number of nitrogens with two attached hydrogens (primary N) is 1. The van der Waals surface area contributed by atoms with Crippen LogP contribution in [-0.2, 0) is 0 Å². The predicted octanol–water partition coefficient (Wildman–Crippen LogP) is 2.76. The minimum atomic E-state index is 0.341. The van der Waals surface area contributed by atoms with E-state index in [0.717, 1.165) is 15.7 Å². The Morgan fingerprint density at radius 3 is 1.85 bits per heavy atom. The summed E-state index contributed by atoms with van der Waals surface area (Å²) in [6.07, 6.45) is 5.36. The number of quaternary nitrogens is 1. The maximum atomic E-state index is 6.59. The van der Waals surface area contributed by atoms with Gasteiger partial charge in [-0.25, -0.2) is 0 Å². The van der Waals surface area contributed by atoms with Crippen molar-refractivity contribution < 1.29 is 5.73 Å². The summed E-state index contributed by atoms with van der Waals surface area (Å²) in [5, 5.41) is 3.05. The second kappa shape index (κ2) is 7.26. The highest BCUT2D eigenvalue weighted by Gasteiger charge is 2.39. The highest BCUT2D eigenvalue weighted by molar-refractivity contribution is 8.01. The second-order valence-electron chi connectivity index (χ2n) is 7.08. The molecule has 0 saturated carbocycles. The third-order valence-electron chi connectivity index (χ3n) is 5.55. The van der Waals surface area contributed by atoms with Crippen LogP contribution in [0.4, 0.5) is 0 Å². The van der Waals surface area contributed by atoms with Gasteiger partial charge >= 0.3 is 0 Å². The fourth-order valence-electron chi connectivity index (χ4n) is 3.68. The monoisotopic (exact) mass is 317 g/mol. The molecule has 0 radical (unpaired) electrons. The molecule has 2 rings (SSSR count). The molecule has 8 unspecified atom stereocenters. The number of rotatable bonds is 5. The number of hydrogen-bond donors (Lipinski definition) is 2. The van der Waals surface area contributed by atoms with E-state index < -0.39 is 0 Å². The first-order chi connectivity index (χ1) is 9.40. The molecule has 2 aliphatic rings. The Bertz CT molecular complexity index is 283. The van der Waals surface area contributed by atoms with Gasteiger partial charge in [0.1, 0.15) is 0 Å². The van der Waals surface area contributed by atoms with Crippen molar-refractivity contribution >= 4 is 23.5 Å². The van der Waals surface area contributed by atoms with E-state index in [1.807, 2.05) is 0 Å². The second-order valence-corrected chi connectivity index (χ2v) is 10.4. The third kappa shape index (κ3) is 3.88. The summed E-state index contributed by atoms with van der Waals surface area (Å²) < 4.78 is 0. The van der Waals surface area contributed by atoms with Gasteiger partial charge in [0.15, 0.2) is 0 Å². The highest BCUT2D eigenvalue weighted by Crippen LogP contribution is 2.40. The zero-order valence-electron chi connectivity index (χ0n) is 13.5. The zero-order valence-corrected chi connectivity index (χ0v) is 15.2. The first-order valence-electron chi connectivity index (χ1n) is 8.29. The molecule has 2 fully saturated rings. The van der Waals surface area contributed by atoms with Gasteiger partial charge in [0, 0.05) is 27.7 Å². The van der Waals surface area contributed by atoms with Crippen LogP contribution >= 0.6 is 23.5 Å². The summed E-state index contributed by atoms with van der Waals surface area (Å²) in [6.45, 7) is 9.44. The van der Waals surface area contributed by atoms with Crippen molar-refractivity contribution in [2.24, 2.45) is 17.6 Å². The summed E-state index contributed by atoms with van der Waals surface area (Å²) in [5.74, 6) is 1.21. The fourth-order valence-corrected chi connectivity index (χ4v) is 6.84. The van der Waals surface area contributed by atoms with Gasteiger partial charge in [0.2, 0.25) is 0 Å². The third-order valence-corrected chi connectivity index (χ3v) is 8.78. The summed E-state index contributed by atoms with van der Waals surface area (Å²) in [4.78, 5) is 0. The standard InChI is InChI=1S/C16H32N2S2/c1-9-5-7-13(19-9)15(17)11(3)12(4)16(18)14-8-6-10(2)20-14/h9-16H,5-8,17-18H2,1-4H3/p+1. The van der Waals surface area contributed by atoms with Crippen molar-refractivity contribution in [3.63, 3.8) is 0 Å². The van der Waals surface area contributed by atoms with Crippen LogP contribution in [0.15, 0.2) is 0 Å². The van der Waals surface area contributed by atoms with E-state index in [9.17, 15) is 0 Å². The van der Waals surface area contributed by atoms with Gasteiger partial charge < -0.3 is 11.5 Å². The van der Waals surface area contributed by atoms with Crippen LogP contribution in [0.3, 0.4) is 0 Å². The van der Waals surface area contributed by atoms with Crippen molar-refractivity contribution in [3.8, 4) is 0 Å². The van der Waals surface area contributed by atoms with Gasteiger partial charge in [-0.1, -0.05) is 27.7 Å². The van der Waals surface area contributed by atoms with Gasteiger partial charge in [-0.05, 0) is 31.6 Å². The van der Waals surface area contributed by atoms with Gasteiger partial charge in [-0.15, -0.1) is 11.8 Å². The Labute approximate surface area is 133 Å². The lowest BCUT2D eigenvalue weighted by molar-refractivity contribution is -0.434. The van der Waals surface area contributed by atoms with E-state index in [1.54, 1.807) is 0 Å². The Morgan fingerprint density at radius 2 is 1.40 bits per heavy atom. The quantitative estimate of drug-likeness (QED) is 0.820. The van der Waals surface area contributed by atoms with E-state index in [-0.39, 0.29) is 0 Å². The molecule has 4 heteroatoms. The molecule has 2 nitrogen and oxygen atoms in total. The van der Waals surface area contributed by atoms with Crippen molar-refractivity contribution in [1.29, 1.82) is 0 Å². The van der Waals surface area contributed by atoms with E-state index in [1.165, 1.54) is 25.7 Å². The first-order valence-corrected chi connectivity index (χ1v) is 10.2. The van der Waals surface area contributed by atoms with Gasteiger partial charge in [0.05, 0.1) is 11.3 Å². The van der Waals surface area contributed by atoms with E-state index in [4.69, 9.17) is 5.73 Å². The number of thioether (sulfide) groups is 2. The molecule has 0 bridgehead atoms. The molecule has 0 aliphatic carbocycles. The summed E-state index contributed by atoms with van der Waals surface area (Å²) in [5.41, 5.74) is 11.1. The van der Waals surface area contributed by atoms with Crippen LogP contribution in [0.5, 0.6) is 0 Å². The van der Waals surface area contributed by atoms with Crippen molar-refractivity contribution in [2.45, 2.75) is 86.5 Å². The van der Waals surface area contributed by atoms with Crippen LogP contribution in [0, 0.1) is 11.8 Å².